The van der Waals surface area contributed by atoms with Gasteiger partial charge in [0, 0.05) is 23.8 Å². The molecule has 2 atom stereocenters. The Bertz CT molecular complexity index is 715. The average Bonchev–Trinajstić information content (AvgIpc) is 3.07. The molecule has 0 saturated carbocycles. The minimum atomic E-state index is 0.169. The minimum absolute atomic E-state index is 0.169. The predicted octanol–water partition coefficient (Wildman–Crippen LogP) is 3.68. The molecular formula is C17H21N3O. The summed E-state index contributed by atoms with van der Waals surface area (Å²) in [6.45, 7) is 7.27. The number of hydrogen-bond donors (Lipinski definition) is 1. The molecule has 0 fully saturated rings. The van der Waals surface area contributed by atoms with E-state index in [2.05, 4.69) is 37.3 Å². The van der Waals surface area contributed by atoms with Gasteiger partial charge >= 0.3 is 0 Å². The van der Waals surface area contributed by atoms with Crippen molar-refractivity contribution in [2.75, 3.05) is 0 Å². The third-order valence-corrected chi connectivity index (χ3v) is 3.83. The number of aromatic nitrogens is 2. The lowest BCUT2D eigenvalue weighted by atomic mass is 10.1. The van der Waals surface area contributed by atoms with Gasteiger partial charge in [-0.1, -0.05) is 18.2 Å². The fourth-order valence-corrected chi connectivity index (χ4v) is 2.85. The van der Waals surface area contributed by atoms with E-state index in [9.17, 15) is 0 Å². The number of fused-ring (bicyclic) bond motifs is 1. The van der Waals surface area contributed by atoms with Crippen molar-refractivity contribution in [1.82, 2.24) is 15.1 Å². The summed E-state index contributed by atoms with van der Waals surface area (Å²) in [5.74, 6) is 1.02. The lowest BCUT2D eigenvalue weighted by molar-refractivity contribution is 0.374. The van der Waals surface area contributed by atoms with E-state index in [4.69, 9.17) is 4.42 Å². The van der Waals surface area contributed by atoms with E-state index in [-0.39, 0.29) is 6.04 Å². The Morgan fingerprint density at radius 1 is 1.24 bits per heavy atom. The Kier molecular flexibility index (Phi) is 3.80. The van der Waals surface area contributed by atoms with Crippen molar-refractivity contribution >= 4 is 11.0 Å². The highest BCUT2D eigenvalue weighted by Gasteiger charge is 2.18. The second-order valence-electron chi connectivity index (χ2n) is 5.60. The molecule has 1 N–H and O–H groups in total. The monoisotopic (exact) mass is 283 g/mol. The van der Waals surface area contributed by atoms with Gasteiger partial charge < -0.3 is 9.73 Å². The Hall–Kier alpha value is -2.07. The van der Waals surface area contributed by atoms with Crippen LogP contribution in [0.3, 0.4) is 0 Å². The molecule has 2 unspecified atom stereocenters. The van der Waals surface area contributed by atoms with Crippen molar-refractivity contribution in [3.05, 3.63) is 54.0 Å². The second-order valence-corrected chi connectivity index (χ2v) is 5.60. The first-order valence-electron chi connectivity index (χ1n) is 7.36. The van der Waals surface area contributed by atoms with Crippen molar-refractivity contribution < 1.29 is 4.42 Å². The molecule has 3 aromatic rings. The van der Waals surface area contributed by atoms with Gasteiger partial charge in [-0.05, 0) is 38.5 Å². The molecule has 1 aromatic carbocycles. The van der Waals surface area contributed by atoms with Crippen LogP contribution in [-0.2, 0) is 6.54 Å². The smallest absolute Gasteiger partial charge is 0.134 e. The maximum absolute atomic E-state index is 6.01. The summed E-state index contributed by atoms with van der Waals surface area (Å²) in [4.78, 5) is 0. The van der Waals surface area contributed by atoms with Crippen LogP contribution in [0.15, 0.2) is 47.1 Å². The van der Waals surface area contributed by atoms with Gasteiger partial charge in [-0.25, -0.2) is 0 Å². The number of aryl methyl sites for hydroxylation is 1. The predicted molar refractivity (Wildman–Crippen MR) is 84.2 cm³/mol. The lowest BCUT2D eigenvalue weighted by Crippen LogP contribution is -2.32. The molecule has 0 aliphatic carbocycles. The number of rotatable bonds is 5. The van der Waals surface area contributed by atoms with Gasteiger partial charge in [-0.2, -0.15) is 5.10 Å². The molecule has 0 bridgehead atoms. The molecule has 2 heterocycles. The summed E-state index contributed by atoms with van der Waals surface area (Å²) in [6.07, 6.45) is 3.79. The largest absolute Gasteiger partial charge is 0.459 e. The van der Waals surface area contributed by atoms with Gasteiger partial charge in [0.2, 0.25) is 0 Å². The van der Waals surface area contributed by atoms with Gasteiger partial charge in [0.15, 0.2) is 0 Å². The molecule has 0 radical (unpaired) electrons. The van der Waals surface area contributed by atoms with E-state index >= 15 is 0 Å². The zero-order chi connectivity index (χ0) is 14.8. The zero-order valence-corrected chi connectivity index (χ0v) is 12.7. The summed E-state index contributed by atoms with van der Waals surface area (Å²) in [5.41, 5.74) is 2.18. The number of benzene rings is 1. The van der Waals surface area contributed by atoms with E-state index in [1.165, 1.54) is 10.9 Å². The van der Waals surface area contributed by atoms with Gasteiger partial charge in [0.1, 0.15) is 11.3 Å². The standard InChI is InChI=1S/C17H21N3O/c1-12(11-20-10-6-9-18-20)19-14(3)17-13(2)15-7-4-5-8-16(15)21-17/h4-10,12,14,19H,11H2,1-3H3. The zero-order valence-electron chi connectivity index (χ0n) is 12.7. The van der Waals surface area contributed by atoms with Gasteiger partial charge in [-0.3, -0.25) is 4.68 Å². The van der Waals surface area contributed by atoms with Crippen LogP contribution >= 0.6 is 0 Å². The third-order valence-electron chi connectivity index (χ3n) is 3.83. The van der Waals surface area contributed by atoms with Crippen molar-refractivity contribution in [3.63, 3.8) is 0 Å². The van der Waals surface area contributed by atoms with Crippen molar-refractivity contribution in [3.8, 4) is 0 Å². The summed E-state index contributed by atoms with van der Waals surface area (Å²) in [5, 5.41) is 9.02. The molecule has 3 rings (SSSR count). The molecular weight excluding hydrogens is 262 g/mol. The first-order valence-corrected chi connectivity index (χ1v) is 7.36. The number of nitrogens with zero attached hydrogens (tertiary/aromatic N) is 2. The van der Waals surface area contributed by atoms with E-state index in [1.807, 2.05) is 35.1 Å². The third kappa shape index (κ3) is 2.85. The van der Waals surface area contributed by atoms with Crippen molar-refractivity contribution in [2.24, 2.45) is 0 Å². The van der Waals surface area contributed by atoms with Crippen LogP contribution in [0, 0.1) is 6.92 Å². The first-order chi connectivity index (χ1) is 10.1. The normalized spacial score (nSPS) is 14.4. The molecule has 21 heavy (non-hydrogen) atoms. The van der Waals surface area contributed by atoms with Crippen molar-refractivity contribution in [1.29, 1.82) is 0 Å². The molecule has 2 aromatic heterocycles. The van der Waals surface area contributed by atoms with Crippen LogP contribution in [0.5, 0.6) is 0 Å². The summed E-state index contributed by atoms with van der Waals surface area (Å²) >= 11 is 0. The minimum Gasteiger partial charge on any atom is -0.459 e. The van der Waals surface area contributed by atoms with E-state index < -0.39 is 0 Å². The maximum atomic E-state index is 6.01. The summed E-state index contributed by atoms with van der Waals surface area (Å²) < 4.78 is 7.95. The first kappa shape index (κ1) is 13.9. The highest BCUT2D eigenvalue weighted by molar-refractivity contribution is 5.82. The molecule has 0 amide bonds. The number of hydrogen-bond acceptors (Lipinski definition) is 3. The quantitative estimate of drug-likeness (QED) is 0.776. The Morgan fingerprint density at radius 3 is 2.76 bits per heavy atom. The Morgan fingerprint density at radius 2 is 2.05 bits per heavy atom. The lowest BCUT2D eigenvalue weighted by Gasteiger charge is -2.19. The van der Waals surface area contributed by atoms with Gasteiger partial charge in [0.05, 0.1) is 12.6 Å². The highest BCUT2D eigenvalue weighted by atomic mass is 16.3. The number of furan rings is 1. The fourth-order valence-electron chi connectivity index (χ4n) is 2.85. The van der Waals surface area contributed by atoms with E-state index in [1.54, 1.807) is 6.20 Å². The van der Waals surface area contributed by atoms with Crippen LogP contribution in [0.4, 0.5) is 0 Å². The molecule has 0 aliphatic heterocycles. The van der Waals surface area contributed by atoms with Crippen LogP contribution in [0.25, 0.3) is 11.0 Å². The van der Waals surface area contributed by atoms with E-state index in [0.29, 0.717) is 6.04 Å². The fraction of sp³-hybridized carbons (Fsp3) is 0.353. The SMILES string of the molecule is Cc1c(C(C)NC(C)Cn2cccn2)oc2ccccc12. The van der Waals surface area contributed by atoms with Crippen LogP contribution in [0.2, 0.25) is 0 Å². The maximum Gasteiger partial charge on any atom is 0.134 e. The van der Waals surface area contributed by atoms with Gasteiger partial charge in [0.25, 0.3) is 0 Å². The van der Waals surface area contributed by atoms with Crippen molar-refractivity contribution in [2.45, 2.75) is 39.4 Å². The second kappa shape index (κ2) is 5.74. The highest BCUT2D eigenvalue weighted by Crippen LogP contribution is 2.29. The van der Waals surface area contributed by atoms with Crippen LogP contribution < -0.4 is 5.32 Å². The average molecular weight is 283 g/mol. The molecule has 0 saturated heterocycles. The molecule has 4 nitrogen and oxygen atoms in total. The number of nitrogens with one attached hydrogen (secondary N) is 1. The van der Waals surface area contributed by atoms with Gasteiger partial charge in [-0.15, -0.1) is 0 Å². The Balaban J connectivity index is 1.74. The van der Waals surface area contributed by atoms with E-state index in [0.717, 1.165) is 17.9 Å². The number of para-hydroxylation sites is 1. The van der Waals surface area contributed by atoms with Crippen LogP contribution in [0.1, 0.15) is 31.2 Å². The Labute approximate surface area is 124 Å². The molecule has 0 spiro atoms. The molecule has 110 valence electrons. The summed E-state index contributed by atoms with van der Waals surface area (Å²) in [7, 11) is 0. The van der Waals surface area contributed by atoms with Crippen LogP contribution in [-0.4, -0.2) is 15.8 Å². The topological polar surface area (TPSA) is 43.0 Å². The molecule has 4 heteroatoms. The molecule has 0 aliphatic rings. The summed E-state index contributed by atoms with van der Waals surface area (Å²) in [6, 6.07) is 10.6.